The Labute approximate surface area is 123 Å². The first-order valence-electron chi connectivity index (χ1n) is 6.09. The Bertz CT molecular complexity index is 643. The molecule has 1 aromatic carbocycles. The number of nitriles is 3. The summed E-state index contributed by atoms with van der Waals surface area (Å²) < 4.78 is 4.59. The van der Waals surface area contributed by atoms with Crippen molar-refractivity contribution in [3.8, 4) is 18.2 Å². The van der Waals surface area contributed by atoms with Gasteiger partial charge in [0.2, 0.25) is 0 Å². The molecule has 0 saturated carbocycles. The van der Waals surface area contributed by atoms with Crippen molar-refractivity contribution in [2.24, 2.45) is 5.41 Å². The molecule has 0 aliphatic carbocycles. The Hall–Kier alpha value is -3.10. The number of methoxy groups -OCH3 is 1. The maximum absolute atomic E-state index is 11.4. The monoisotopic (exact) mass is 279 g/mol. The molecule has 1 atom stereocenters. The normalized spacial score (nSPS) is 11.3. The summed E-state index contributed by atoms with van der Waals surface area (Å²) in [6.45, 7) is 3.53. The molecule has 21 heavy (non-hydrogen) atoms. The Balaban J connectivity index is 3.26. The molecule has 0 saturated heterocycles. The van der Waals surface area contributed by atoms with Gasteiger partial charge in [0.15, 0.2) is 5.41 Å². The maximum Gasteiger partial charge on any atom is 0.337 e. The molecule has 0 N–H and O–H groups in total. The van der Waals surface area contributed by atoms with Crippen molar-refractivity contribution in [3.63, 3.8) is 0 Å². The van der Waals surface area contributed by atoms with Crippen LogP contribution in [0.3, 0.4) is 0 Å². The number of carbonyl (C=O) groups excluding carboxylic acids is 1. The summed E-state index contributed by atoms with van der Waals surface area (Å²) in [7, 11) is 1.27. The summed E-state index contributed by atoms with van der Waals surface area (Å²) in [6.07, 6.45) is 1.52. The molecule has 0 heterocycles. The molecule has 104 valence electrons. The van der Waals surface area contributed by atoms with Gasteiger partial charge in [-0.25, -0.2) is 4.79 Å². The van der Waals surface area contributed by atoms with E-state index in [1.807, 2.05) is 18.2 Å². The molecule has 5 heteroatoms. The molecule has 0 aliphatic heterocycles. The van der Waals surface area contributed by atoms with Crippen LogP contribution in [0.2, 0.25) is 0 Å². The number of hydrogen-bond donors (Lipinski definition) is 0. The number of benzene rings is 1. The van der Waals surface area contributed by atoms with Gasteiger partial charge in [-0.05, 0) is 24.1 Å². The lowest BCUT2D eigenvalue weighted by Gasteiger charge is -2.22. The highest BCUT2D eigenvalue weighted by Gasteiger charge is 2.40. The molecule has 0 aromatic heterocycles. The second kappa shape index (κ2) is 6.89. The van der Waals surface area contributed by atoms with Crippen molar-refractivity contribution in [2.75, 3.05) is 7.11 Å². The van der Waals surface area contributed by atoms with Crippen molar-refractivity contribution in [1.29, 1.82) is 15.8 Å². The molecule has 0 bridgehead atoms. The zero-order valence-corrected chi connectivity index (χ0v) is 11.5. The van der Waals surface area contributed by atoms with Crippen LogP contribution < -0.4 is 0 Å². The van der Waals surface area contributed by atoms with Crippen LogP contribution in [0.4, 0.5) is 0 Å². The van der Waals surface area contributed by atoms with Crippen LogP contribution in [0.25, 0.3) is 0 Å². The van der Waals surface area contributed by atoms with Crippen molar-refractivity contribution in [2.45, 2.75) is 12.3 Å². The third kappa shape index (κ3) is 3.08. The zero-order chi connectivity index (χ0) is 15.9. The van der Waals surface area contributed by atoms with Crippen molar-refractivity contribution < 1.29 is 9.53 Å². The van der Waals surface area contributed by atoms with Gasteiger partial charge >= 0.3 is 5.97 Å². The summed E-state index contributed by atoms with van der Waals surface area (Å²) >= 11 is 0. The highest BCUT2D eigenvalue weighted by Crippen LogP contribution is 2.38. The lowest BCUT2D eigenvalue weighted by atomic mass is 9.72. The molecule has 0 fully saturated rings. The molecule has 0 amide bonds. The second-order valence-corrected chi connectivity index (χ2v) is 4.36. The predicted molar refractivity (Wildman–Crippen MR) is 74.6 cm³/mol. The van der Waals surface area contributed by atoms with Crippen LogP contribution in [-0.4, -0.2) is 13.1 Å². The molecule has 0 radical (unpaired) electrons. The van der Waals surface area contributed by atoms with Crippen LogP contribution in [0, 0.1) is 39.4 Å². The minimum absolute atomic E-state index is 0.0803. The van der Waals surface area contributed by atoms with E-state index >= 15 is 0 Å². The smallest absolute Gasteiger partial charge is 0.337 e. The second-order valence-electron chi connectivity index (χ2n) is 4.36. The van der Waals surface area contributed by atoms with E-state index in [0.717, 1.165) is 0 Å². The number of carbonyl (C=O) groups is 1. The first kappa shape index (κ1) is 16.0. The number of hydrogen-bond acceptors (Lipinski definition) is 5. The van der Waals surface area contributed by atoms with Crippen LogP contribution >= 0.6 is 0 Å². The van der Waals surface area contributed by atoms with Crippen LogP contribution in [0.1, 0.15) is 28.3 Å². The number of rotatable bonds is 5. The molecule has 0 spiro atoms. The molecular formula is C16H13N3O2. The van der Waals surface area contributed by atoms with Gasteiger partial charge in [0.1, 0.15) is 5.92 Å². The van der Waals surface area contributed by atoms with Gasteiger partial charge < -0.3 is 4.74 Å². The zero-order valence-electron chi connectivity index (χ0n) is 11.5. The van der Waals surface area contributed by atoms with E-state index < -0.39 is 17.3 Å². The number of ether oxygens (including phenoxy) is 1. The van der Waals surface area contributed by atoms with E-state index in [4.69, 9.17) is 0 Å². The van der Waals surface area contributed by atoms with Crippen LogP contribution in [0.15, 0.2) is 36.9 Å². The fraction of sp³-hybridized carbons (Fsp3) is 0.250. The van der Waals surface area contributed by atoms with Crippen molar-refractivity contribution in [1.82, 2.24) is 0 Å². The maximum atomic E-state index is 11.4. The Morgan fingerprint density at radius 1 is 1.33 bits per heavy atom. The fourth-order valence-corrected chi connectivity index (χ4v) is 1.99. The van der Waals surface area contributed by atoms with E-state index in [9.17, 15) is 20.6 Å². The number of nitrogens with zero attached hydrogens (tertiary/aromatic N) is 3. The summed E-state index contributed by atoms with van der Waals surface area (Å²) in [5.41, 5.74) is -0.667. The SMILES string of the molecule is C=CCC(C#N)(C#N)C(C#N)c1ccc(C(=O)OC)cc1. The fourth-order valence-electron chi connectivity index (χ4n) is 1.99. The number of esters is 1. The Morgan fingerprint density at radius 2 is 1.90 bits per heavy atom. The summed E-state index contributed by atoms with van der Waals surface area (Å²) in [5, 5.41) is 28.0. The largest absolute Gasteiger partial charge is 0.465 e. The first-order valence-corrected chi connectivity index (χ1v) is 6.09. The molecule has 1 aromatic rings. The molecular weight excluding hydrogens is 266 g/mol. The van der Waals surface area contributed by atoms with Crippen molar-refractivity contribution >= 4 is 5.97 Å². The average Bonchev–Trinajstić information content (AvgIpc) is 2.54. The standard InChI is InChI=1S/C16H13N3O2/c1-3-8-16(10-18,11-19)14(9-17)12-4-6-13(7-5-12)15(20)21-2/h3-7,14H,1,8H2,2H3. The van der Waals surface area contributed by atoms with E-state index in [-0.39, 0.29) is 6.42 Å². The van der Waals surface area contributed by atoms with Gasteiger partial charge in [0.05, 0.1) is 30.9 Å². The van der Waals surface area contributed by atoms with Gasteiger partial charge in [0, 0.05) is 0 Å². The molecule has 5 nitrogen and oxygen atoms in total. The summed E-state index contributed by atoms with van der Waals surface area (Å²) in [5.74, 6) is -1.43. The first-order chi connectivity index (χ1) is 10.1. The van der Waals surface area contributed by atoms with Gasteiger partial charge in [0.25, 0.3) is 0 Å². The average molecular weight is 279 g/mol. The molecule has 0 aliphatic rings. The quantitative estimate of drug-likeness (QED) is 0.609. The predicted octanol–water partition coefficient (Wildman–Crippen LogP) is 2.69. The van der Waals surface area contributed by atoms with E-state index in [1.54, 1.807) is 12.1 Å². The van der Waals surface area contributed by atoms with E-state index in [0.29, 0.717) is 11.1 Å². The topological polar surface area (TPSA) is 97.7 Å². The Kier molecular flexibility index (Phi) is 5.24. The van der Waals surface area contributed by atoms with Crippen molar-refractivity contribution in [3.05, 3.63) is 48.0 Å². The minimum Gasteiger partial charge on any atom is -0.465 e. The summed E-state index contributed by atoms with van der Waals surface area (Å²) in [6, 6.07) is 11.9. The van der Waals surface area contributed by atoms with Gasteiger partial charge in [-0.3, -0.25) is 0 Å². The highest BCUT2D eigenvalue weighted by atomic mass is 16.5. The third-order valence-electron chi connectivity index (χ3n) is 3.15. The van der Waals surface area contributed by atoms with Gasteiger partial charge in [-0.15, -0.1) is 6.58 Å². The Morgan fingerprint density at radius 3 is 2.29 bits per heavy atom. The van der Waals surface area contributed by atoms with Crippen LogP contribution in [-0.2, 0) is 4.74 Å². The van der Waals surface area contributed by atoms with E-state index in [2.05, 4.69) is 11.3 Å². The third-order valence-corrected chi connectivity index (χ3v) is 3.15. The lowest BCUT2D eigenvalue weighted by molar-refractivity contribution is 0.0600. The van der Waals surface area contributed by atoms with Gasteiger partial charge in [-0.1, -0.05) is 18.2 Å². The molecule has 1 unspecified atom stereocenters. The lowest BCUT2D eigenvalue weighted by Crippen LogP contribution is -2.24. The van der Waals surface area contributed by atoms with Crippen LogP contribution in [0.5, 0.6) is 0 Å². The molecule has 1 rings (SSSR count). The number of allylic oxidation sites excluding steroid dienone is 1. The highest BCUT2D eigenvalue weighted by molar-refractivity contribution is 5.89. The van der Waals surface area contributed by atoms with Gasteiger partial charge in [-0.2, -0.15) is 15.8 Å². The summed E-state index contributed by atoms with van der Waals surface area (Å²) in [4.78, 5) is 11.4. The minimum atomic E-state index is -1.50. The van der Waals surface area contributed by atoms with E-state index in [1.165, 1.54) is 25.3 Å².